The van der Waals surface area contributed by atoms with Crippen molar-refractivity contribution in [3.63, 3.8) is 0 Å². The summed E-state index contributed by atoms with van der Waals surface area (Å²) >= 11 is 0. The number of nitrogens with zero attached hydrogens (tertiary/aromatic N) is 1. The Hall–Kier alpha value is -1.69. The summed E-state index contributed by atoms with van der Waals surface area (Å²) in [6.45, 7) is 5.98. The standard InChI is InChI=1S/C14H21FN2O3/c1-10(2)6-7-14(3,18)9-16-12-5-4-11(15)8-13(12)17(19)20/h4-5,8,10,16,18H,6-7,9H2,1-3H3. The number of anilines is 1. The van der Waals surface area contributed by atoms with E-state index in [-0.39, 0.29) is 17.9 Å². The van der Waals surface area contributed by atoms with Gasteiger partial charge < -0.3 is 10.4 Å². The first-order valence-corrected chi connectivity index (χ1v) is 6.61. The molecule has 112 valence electrons. The number of nitro groups is 1. The second-order valence-corrected chi connectivity index (χ2v) is 5.70. The molecule has 0 amide bonds. The third-order valence-corrected chi connectivity index (χ3v) is 3.08. The van der Waals surface area contributed by atoms with Crippen molar-refractivity contribution < 1.29 is 14.4 Å². The Morgan fingerprint density at radius 1 is 1.50 bits per heavy atom. The average Bonchev–Trinajstić information content (AvgIpc) is 2.35. The van der Waals surface area contributed by atoms with Crippen molar-refractivity contribution in [3.8, 4) is 0 Å². The maximum absolute atomic E-state index is 13.0. The first-order chi connectivity index (χ1) is 9.21. The fraction of sp³-hybridized carbons (Fsp3) is 0.571. The molecule has 0 fully saturated rings. The molecule has 1 unspecified atom stereocenters. The van der Waals surface area contributed by atoms with Gasteiger partial charge >= 0.3 is 0 Å². The van der Waals surface area contributed by atoms with Gasteiger partial charge in [-0.15, -0.1) is 0 Å². The fourth-order valence-corrected chi connectivity index (χ4v) is 1.78. The van der Waals surface area contributed by atoms with Gasteiger partial charge in [0.15, 0.2) is 0 Å². The van der Waals surface area contributed by atoms with E-state index in [1.54, 1.807) is 6.92 Å². The van der Waals surface area contributed by atoms with Gasteiger partial charge in [0.05, 0.1) is 16.6 Å². The smallest absolute Gasteiger partial charge is 0.295 e. The molecule has 1 rings (SSSR count). The van der Waals surface area contributed by atoms with Gasteiger partial charge in [0, 0.05) is 6.54 Å². The first kappa shape index (κ1) is 16.4. The van der Waals surface area contributed by atoms with Gasteiger partial charge in [-0.05, 0) is 37.8 Å². The molecule has 6 heteroatoms. The van der Waals surface area contributed by atoms with E-state index in [9.17, 15) is 19.6 Å². The van der Waals surface area contributed by atoms with Crippen molar-refractivity contribution >= 4 is 11.4 Å². The summed E-state index contributed by atoms with van der Waals surface area (Å²) in [6.07, 6.45) is 1.45. The van der Waals surface area contributed by atoms with Gasteiger partial charge in [-0.2, -0.15) is 0 Å². The Labute approximate surface area is 118 Å². The summed E-state index contributed by atoms with van der Waals surface area (Å²) < 4.78 is 13.0. The topological polar surface area (TPSA) is 75.4 Å². The van der Waals surface area contributed by atoms with Crippen LogP contribution in [-0.2, 0) is 0 Å². The van der Waals surface area contributed by atoms with Crippen LogP contribution in [-0.4, -0.2) is 22.2 Å². The number of rotatable bonds is 7. The van der Waals surface area contributed by atoms with E-state index in [4.69, 9.17) is 0 Å². The van der Waals surface area contributed by atoms with Gasteiger partial charge in [-0.1, -0.05) is 13.8 Å². The zero-order valence-corrected chi connectivity index (χ0v) is 12.0. The predicted molar refractivity (Wildman–Crippen MR) is 76.2 cm³/mol. The number of hydrogen-bond donors (Lipinski definition) is 2. The highest BCUT2D eigenvalue weighted by molar-refractivity contribution is 5.61. The molecule has 0 aromatic heterocycles. The molecule has 0 bridgehead atoms. The third kappa shape index (κ3) is 5.13. The normalized spacial score (nSPS) is 14.1. The summed E-state index contributed by atoms with van der Waals surface area (Å²) in [6, 6.07) is 3.33. The van der Waals surface area contributed by atoms with Gasteiger partial charge in [0.25, 0.3) is 5.69 Å². The van der Waals surface area contributed by atoms with Crippen LogP contribution >= 0.6 is 0 Å². The van der Waals surface area contributed by atoms with E-state index < -0.39 is 16.3 Å². The van der Waals surface area contributed by atoms with Crippen LogP contribution in [0.1, 0.15) is 33.6 Å². The monoisotopic (exact) mass is 284 g/mol. The van der Waals surface area contributed by atoms with Crippen molar-refractivity contribution in [2.75, 3.05) is 11.9 Å². The minimum atomic E-state index is -0.966. The van der Waals surface area contributed by atoms with E-state index in [1.807, 2.05) is 0 Å². The zero-order chi connectivity index (χ0) is 15.3. The Kier molecular flexibility index (Phi) is 5.44. The molecule has 0 saturated carbocycles. The van der Waals surface area contributed by atoms with Crippen LogP contribution in [0.15, 0.2) is 18.2 Å². The second kappa shape index (κ2) is 6.65. The van der Waals surface area contributed by atoms with E-state index >= 15 is 0 Å². The highest BCUT2D eigenvalue weighted by Crippen LogP contribution is 2.26. The number of benzene rings is 1. The molecule has 1 aromatic carbocycles. The number of nitro benzene ring substituents is 1. The minimum Gasteiger partial charge on any atom is -0.388 e. The van der Waals surface area contributed by atoms with Crippen molar-refractivity contribution in [2.24, 2.45) is 5.92 Å². The van der Waals surface area contributed by atoms with Gasteiger partial charge in [-0.3, -0.25) is 10.1 Å². The predicted octanol–water partition coefficient (Wildman–Crippen LogP) is 3.33. The van der Waals surface area contributed by atoms with E-state index in [2.05, 4.69) is 19.2 Å². The van der Waals surface area contributed by atoms with E-state index in [1.165, 1.54) is 6.07 Å². The summed E-state index contributed by atoms with van der Waals surface area (Å²) in [4.78, 5) is 10.2. The van der Waals surface area contributed by atoms with Crippen LogP contribution in [0.3, 0.4) is 0 Å². The summed E-state index contributed by atoms with van der Waals surface area (Å²) in [5.74, 6) is -0.185. The van der Waals surface area contributed by atoms with Gasteiger partial charge in [-0.25, -0.2) is 4.39 Å². The summed E-state index contributed by atoms with van der Waals surface area (Å²) in [7, 11) is 0. The largest absolute Gasteiger partial charge is 0.388 e. The molecule has 5 nitrogen and oxygen atoms in total. The average molecular weight is 284 g/mol. The Morgan fingerprint density at radius 3 is 2.70 bits per heavy atom. The second-order valence-electron chi connectivity index (χ2n) is 5.70. The molecule has 0 aliphatic carbocycles. The molecular weight excluding hydrogens is 263 g/mol. The molecule has 1 atom stereocenters. The quantitative estimate of drug-likeness (QED) is 0.595. The maximum Gasteiger partial charge on any atom is 0.295 e. The highest BCUT2D eigenvalue weighted by atomic mass is 19.1. The van der Waals surface area contributed by atoms with E-state index in [0.29, 0.717) is 12.3 Å². The zero-order valence-electron chi connectivity index (χ0n) is 12.0. The lowest BCUT2D eigenvalue weighted by molar-refractivity contribution is -0.384. The van der Waals surface area contributed by atoms with Crippen LogP contribution in [0.25, 0.3) is 0 Å². The highest BCUT2D eigenvalue weighted by Gasteiger charge is 2.22. The van der Waals surface area contributed by atoms with Gasteiger partial charge in [0.2, 0.25) is 0 Å². The number of hydrogen-bond acceptors (Lipinski definition) is 4. The lowest BCUT2D eigenvalue weighted by Crippen LogP contribution is -2.33. The number of nitrogens with one attached hydrogen (secondary N) is 1. The van der Waals surface area contributed by atoms with Gasteiger partial charge in [0.1, 0.15) is 11.5 Å². The van der Waals surface area contributed by atoms with Crippen molar-refractivity contribution in [1.82, 2.24) is 0 Å². The summed E-state index contributed by atoms with van der Waals surface area (Å²) in [5, 5.41) is 23.9. The first-order valence-electron chi connectivity index (χ1n) is 6.61. The molecular formula is C14H21FN2O3. The Bertz CT molecular complexity index is 475. The lowest BCUT2D eigenvalue weighted by Gasteiger charge is -2.25. The number of halogens is 1. The maximum atomic E-state index is 13.0. The summed E-state index contributed by atoms with van der Waals surface area (Å²) in [5.41, 5.74) is -1.09. The molecule has 2 N–H and O–H groups in total. The minimum absolute atomic E-state index is 0.173. The molecule has 20 heavy (non-hydrogen) atoms. The fourth-order valence-electron chi connectivity index (χ4n) is 1.78. The molecule has 0 radical (unpaired) electrons. The van der Waals surface area contributed by atoms with Crippen LogP contribution in [0.5, 0.6) is 0 Å². The molecule has 0 spiro atoms. The SMILES string of the molecule is CC(C)CCC(C)(O)CNc1ccc(F)cc1[N+](=O)[O-]. The van der Waals surface area contributed by atoms with Crippen molar-refractivity contribution in [3.05, 3.63) is 34.1 Å². The molecule has 1 aromatic rings. The molecule has 0 saturated heterocycles. The van der Waals surface area contributed by atoms with Crippen LogP contribution in [0.4, 0.5) is 15.8 Å². The lowest BCUT2D eigenvalue weighted by atomic mass is 9.95. The Morgan fingerprint density at radius 2 is 2.15 bits per heavy atom. The molecule has 0 aliphatic rings. The Balaban J connectivity index is 2.72. The number of aliphatic hydroxyl groups is 1. The van der Waals surface area contributed by atoms with Crippen LogP contribution in [0, 0.1) is 21.8 Å². The molecule has 0 aliphatic heterocycles. The van der Waals surface area contributed by atoms with Crippen molar-refractivity contribution in [2.45, 2.75) is 39.2 Å². The van der Waals surface area contributed by atoms with Crippen molar-refractivity contribution in [1.29, 1.82) is 0 Å². The van der Waals surface area contributed by atoms with Crippen LogP contribution < -0.4 is 5.32 Å². The van der Waals surface area contributed by atoms with E-state index in [0.717, 1.165) is 18.6 Å². The molecule has 0 heterocycles. The van der Waals surface area contributed by atoms with Crippen LogP contribution in [0.2, 0.25) is 0 Å². The third-order valence-electron chi connectivity index (χ3n) is 3.08.